The molecule has 4 atom stereocenters. The molecule has 2 fully saturated rings. The van der Waals surface area contributed by atoms with E-state index in [0.717, 1.165) is 5.56 Å². The predicted molar refractivity (Wildman–Crippen MR) is 131 cm³/mol. The first-order valence-corrected chi connectivity index (χ1v) is 16.3. The van der Waals surface area contributed by atoms with Gasteiger partial charge in [-0.2, -0.15) is 0 Å². The third-order valence-corrected chi connectivity index (χ3v) is 13.1. The Bertz CT molecular complexity index is 952. The van der Waals surface area contributed by atoms with Crippen molar-refractivity contribution in [1.82, 2.24) is 0 Å². The van der Waals surface area contributed by atoms with E-state index in [0.29, 0.717) is 17.9 Å². The summed E-state index contributed by atoms with van der Waals surface area (Å²) >= 11 is 0. The zero-order chi connectivity index (χ0) is 24.8. The van der Waals surface area contributed by atoms with Crippen LogP contribution in [0.3, 0.4) is 0 Å². The van der Waals surface area contributed by atoms with Gasteiger partial charge in [-0.15, -0.1) is 0 Å². The Morgan fingerprint density at radius 3 is 2.36 bits per heavy atom. The van der Waals surface area contributed by atoms with Crippen LogP contribution in [0.2, 0.25) is 18.1 Å². The van der Waals surface area contributed by atoms with E-state index in [2.05, 4.69) is 33.9 Å². The molecule has 0 aliphatic carbocycles. The van der Waals surface area contributed by atoms with Gasteiger partial charge in [0.25, 0.3) is 0 Å². The Morgan fingerprint density at radius 1 is 1.12 bits per heavy atom. The molecule has 33 heavy (non-hydrogen) atoms. The van der Waals surface area contributed by atoms with Crippen molar-refractivity contribution in [2.24, 2.45) is 0 Å². The highest BCUT2D eigenvalue weighted by Crippen LogP contribution is 2.40. The van der Waals surface area contributed by atoms with Gasteiger partial charge in [-0.1, -0.05) is 32.9 Å². The van der Waals surface area contributed by atoms with E-state index in [9.17, 15) is 8.42 Å². The van der Waals surface area contributed by atoms with E-state index < -0.39 is 36.1 Å². The summed E-state index contributed by atoms with van der Waals surface area (Å²) in [6.07, 6.45) is -1.43. The van der Waals surface area contributed by atoms with Crippen molar-refractivity contribution in [3.05, 3.63) is 29.3 Å². The fourth-order valence-corrected chi connectivity index (χ4v) is 6.72. The molecule has 1 aromatic carbocycles. The minimum atomic E-state index is -3.51. The fraction of sp³-hybridized carbons (Fsp3) is 0.750. The van der Waals surface area contributed by atoms with E-state index in [-0.39, 0.29) is 28.8 Å². The normalized spacial score (nSPS) is 27.5. The van der Waals surface area contributed by atoms with Gasteiger partial charge in [-0.05, 0) is 50.5 Å². The van der Waals surface area contributed by atoms with Crippen LogP contribution in [0.5, 0.6) is 5.75 Å². The molecule has 0 amide bonds. The van der Waals surface area contributed by atoms with Gasteiger partial charge in [0.05, 0.1) is 31.3 Å². The third-order valence-electron chi connectivity index (χ3n) is 7.01. The molecule has 2 aliphatic heterocycles. The van der Waals surface area contributed by atoms with E-state index in [4.69, 9.17) is 23.4 Å². The number of sulfone groups is 1. The van der Waals surface area contributed by atoms with Crippen LogP contribution >= 0.6 is 0 Å². The lowest BCUT2D eigenvalue weighted by molar-refractivity contribution is -0.182. The Kier molecular flexibility index (Phi) is 7.45. The highest BCUT2D eigenvalue weighted by atomic mass is 32.2. The maximum atomic E-state index is 13.3. The lowest BCUT2D eigenvalue weighted by Gasteiger charge is -2.36. The van der Waals surface area contributed by atoms with Crippen molar-refractivity contribution in [3.63, 3.8) is 0 Å². The Balaban J connectivity index is 1.78. The molecule has 0 spiro atoms. The molecule has 7 nitrogen and oxygen atoms in total. The molecule has 0 unspecified atom stereocenters. The van der Waals surface area contributed by atoms with Crippen molar-refractivity contribution < 1.29 is 31.8 Å². The van der Waals surface area contributed by atoms with E-state index in [1.54, 1.807) is 7.11 Å². The molecule has 3 rings (SSSR count). The summed E-state index contributed by atoms with van der Waals surface area (Å²) in [4.78, 5) is 0. The van der Waals surface area contributed by atoms with E-state index in [1.165, 1.54) is 0 Å². The molecular formula is C24H40O7SSi. The fourth-order valence-electron chi connectivity index (χ4n) is 4.15. The lowest BCUT2D eigenvalue weighted by Crippen LogP contribution is -2.40. The Labute approximate surface area is 200 Å². The summed E-state index contributed by atoms with van der Waals surface area (Å²) in [7, 11) is -3.94. The molecule has 9 heteroatoms. The molecule has 0 radical (unpaired) electrons. The van der Waals surface area contributed by atoms with Gasteiger partial charge < -0.3 is 23.4 Å². The van der Waals surface area contributed by atoms with Gasteiger partial charge in [0, 0.05) is 5.56 Å². The quantitative estimate of drug-likeness (QED) is 0.488. The highest BCUT2D eigenvalue weighted by molar-refractivity contribution is 7.90. The maximum Gasteiger partial charge on any atom is 0.192 e. The summed E-state index contributed by atoms with van der Waals surface area (Å²) in [5.41, 5.74) is 1.48. The smallest absolute Gasteiger partial charge is 0.192 e. The van der Waals surface area contributed by atoms with Crippen LogP contribution < -0.4 is 4.74 Å². The van der Waals surface area contributed by atoms with Gasteiger partial charge in [0.2, 0.25) is 0 Å². The molecule has 0 N–H and O–H groups in total. The number of hydrogen-bond donors (Lipinski definition) is 0. The first kappa shape index (κ1) is 26.6. The minimum Gasteiger partial charge on any atom is -0.496 e. The molecule has 2 saturated heterocycles. The van der Waals surface area contributed by atoms with Crippen LogP contribution in [0, 0.1) is 0 Å². The SMILES string of the molecule is COc1cccc(CS(=O)(=O)C[C@@H]2O[C@H](C)[C@H]3OC(C)(C)O[C@H]32)c1CO[Si](C)(C)C(C)(C)C. The van der Waals surface area contributed by atoms with Crippen LogP contribution in [0.25, 0.3) is 0 Å². The second kappa shape index (κ2) is 9.24. The largest absolute Gasteiger partial charge is 0.496 e. The average Bonchev–Trinajstić information content (AvgIpc) is 3.12. The molecular weight excluding hydrogens is 460 g/mol. The van der Waals surface area contributed by atoms with Gasteiger partial charge in [0.1, 0.15) is 24.1 Å². The highest BCUT2D eigenvalue weighted by Gasteiger charge is 2.54. The summed E-state index contributed by atoms with van der Waals surface area (Å²) in [5.74, 6) is -0.341. The van der Waals surface area contributed by atoms with Crippen LogP contribution in [0.1, 0.15) is 52.7 Å². The van der Waals surface area contributed by atoms with Crippen molar-refractivity contribution in [2.75, 3.05) is 12.9 Å². The summed E-state index contributed by atoms with van der Waals surface area (Å²) in [6.45, 7) is 16.8. The number of methoxy groups -OCH3 is 1. The number of ether oxygens (including phenoxy) is 4. The van der Waals surface area contributed by atoms with Crippen molar-refractivity contribution in [3.8, 4) is 5.75 Å². The molecule has 2 heterocycles. The summed E-state index contributed by atoms with van der Waals surface area (Å²) < 4.78 is 56.3. The van der Waals surface area contributed by atoms with E-state index in [1.807, 2.05) is 39.0 Å². The number of hydrogen-bond acceptors (Lipinski definition) is 7. The van der Waals surface area contributed by atoms with Gasteiger partial charge >= 0.3 is 0 Å². The average molecular weight is 501 g/mol. The summed E-state index contributed by atoms with van der Waals surface area (Å²) in [5, 5.41) is 0.0471. The molecule has 188 valence electrons. The second-order valence-electron chi connectivity index (χ2n) is 11.1. The second-order valence-corrected chi connectivity index (χ2v) is 18.1. The Morgan fingerprint density at radius 2 is 1.76 bits per heavy atom. The number of fused-ring (bicyclic) bond motifs is 1. The van der Waals surface area contributed by atoms with Gasteiger partial charge in [-0.25, -0.2) is 8.42 Å². The Hall–Kier alpha value is -0.973. The maximum absolute atomic E-state index is 13.3. The van der Waals surface area contributed by atoms with Crippen LogP contribution in [0.15, 0.2) is 18.2 Å². The molecule has 1 aromatic rings. The first-order chi connectivity index (χ1) is 15.1. The minimum absolute atomic E-state index is 0.0471. The molecule has 0 bridgehead atoms. The van der Waals surface area contributed by atoms with Crippen LogP contribution in [0.4, 0.5) is 0 Å². The standard InChI is InChI=1S/C24H40O7SSi/c1-16-21-22(31-24(5,6)30-21)20(29-16)15-32(25,26)14-17-11-10-12-19(27-7)18(17)13-28-33(8,9)23(2,3)4/h10-12,16,20-22H,13-15H2,1-9H3/t16-,20+,21-,22+/m1/s1. The van der Waals surface area contributed by atoms with Crippen molar-refractivity contribution in [2.45, 2.75) is 102 Å². The van der Waals surface area contributed by atoms with Crippen LogP contribution in [-0.2, 0) is 40.8 Å². The zero-order valence-electron chi connectivity index (χ0n) is 21.4. The lowest BCUT2D eigenvalue weighted by atomic mass is 10.1. The van der Waals surface area contributed by atoms with Crippen LogP contribution in [-0.4, -0.2) is 59.8 Å². The third kappa shape index (κ3) is 6.00. The molecule has 0 aromatic heterocycles. The number of benzene rings is 1. The topological polar surface area (TPSA) is 80.3 Å². The van der Waals surface area contributed by atoms with Crippen molar-refractivity contribution in [1.29, 1.82) is 0 Å². The molecule has 0 saturated carbocycles. The van der Waals surface area contributed by atoms with E-state index >= 15 is 0 Å². The molecule has 2 aliphatic rings. The monoisotopic (exact) mass is 500 g/mol. The number of rotatable bonds is 8. The zero-order valence-corrected chi connectivity index (χ0v) is 23.2. The van der Waals surface area contributed by atoms with Gasteiger partial charge in [0.15, 0.2) is 23.9 Å². The predicted octanol–water partition coefficient (Wildman–Crippen LogP) is 4.44. The summed E-state index contributed by atoms with van der Waals surface area (Å²) in [6, 6.07) is 5.50. The van der Waals surface area contributed by atoms with Gasteiger partial charge in [-0.3, -0.25) is 0 Å². The first-order valence-electron chi connectivity index (χ1n) is 11.6. The van der Waals surface area contributed by atoms with Crippen molar-refractivity contribution >= 4 is 18.2 Å².